The Morgan fingerprint density at radius 3 is 2.75 bits per heavy atom. The van der Waals surface area contributed by atoms with Gasteiger partial charge in [-0.15, -0.1) is 11.3 Å². The Morgan fingerprint density at radius 1 is 1.35 bits per heavy atom. The number of rotatable bonds is 6. The average molecular weight is 291 g/mol. The molecular formula is C15H21N3OS. The maximum atomic E-state index is 5.68. The Balaban J connectivity index is 2.02. The Morgan fingerprint density at radius 2 is 2.15 bits per heavy atom. The van der Waals surface area contributed by atoms with Crippen LogP contribution in [-0.2, 0) is 19.6 Å². The quantitative estimate of drug-likeness (QED) is 0.888. The van der Waals surface area contributed by atoms with Crippen LogP contribution in [0, 0.1) is 6.92 Å². The van der Waals surface area contributed by atoms with Gasteiger partial charge in [0, 0.05) is 30.6 Å². The number of thiazole rings is 1. The van der Waals surface area contributed by atoms with E-state index in [1.54, 1.807) is 18.4 Å². The fourth-order valence-electron chi connectivity index (χ4n) is 2.18. The minimum atomic E-state index is 0.497. The number of aromatic nitrogens is 1. The Kier molecular flexibility index (Phi) is 5.11. The van der Waals surface area contributed by atoms with Crippen molar-refractivity contribution in [3.05, 3.63) is 45.4 Å². The summed E-state index contributed by atoms with van der Waals surface area (Å²) in [5.74, 6) is 0.864. The molecule has 0 spiro atoms. The summed E-state index contributed by atoms with van der Waals surface area (Å²) in [6, 6.07) is 6.20. The second kappa shape index (κ2) is 6.83. The molecule has 0 aliphatic heterocycles. The van der Waals surface area contributed by atoms with Gasteiger partial charge in [-0.2, -0.15) is 0 Å². The molecule has 1 heterocycles. The van der Waals surface area contributed by atoms with Crippen LogP contribution in [0.2, 0.25) is 0 Å². The van der Waals surface area contributed by atoms with Crippen LogP contribution in [0.5, 0.6) is 5.75 Å². The first-order valence-electron chi connectivity index (χ1n) is 6.57. The first-order valence-corrected chi connectivity index (χ1v) is 7.45. The summed E-state index contributed by atoms with van der Waals surface area (Å²) >= 11 is 1.69. The van der Waals surface area contributed by atoms with Crippen LogP contribution >= 0.6 is 11.3 Å². The molecule has 2 N–H and O–H groups in total. The van der Waals surface area contributed by atoms with Crippen molar-refractivity contribution in [3.8, 4) is 5.75 Å². The third-order valence-corrected chi connectivity index (χ3v) is 3.94. The van der Waals surface area contributed by atoms with Crippen LogP contribution in [0.4, 0.5) is 0 Å². The summed E-state index contributed by atoms with van der Waals surface area (Å²) in [7, 11) is 3.78. The molecule has 0 atom stereocenters. The van der Waals surface area contributed by atoms with Gasteiger partial charge in [0.05, 0.1) is 17.8 Å². The fraction of sp³-hybridized carbons (Fsp3) is 0.400. The molecule has 0 amide bonds. The van der Waals surface area contributed by atoms with Crippen molar-refractivity contribution in [2.45, 2.75) is 26.6 Å². The molecule has 2 rings (SSSR count). The average Bonchev–Trinajstić information content (AvgIpc) is 2.83. The highest BCUT2D eigenvalue weighted by Crippen LogP contribution is 2.21. The van der Waals surface area contributed by atoms with E-state index in [-0.39, 0.29) is 0 Å². The van der Waals surface area contributed by atoms with Gasteiger partial charge >= 0.3 is 0 Å². The lowest BCUT2D eigenvalue weighted by Gasteiger charge is -2.16. The molecule has 0 saturated heterocycles. The van der Waals surface area contributed by atoms with E-state index in [9.17, 15) is 0 Å². The van der Waals surface area contributed by atoms with Crippen molar-refractivity contribution < 1.29 is 4.74 Å². The van der Waals surface area contributed by atoms with Gasteiger partial charge in [0.2, 0.25) is 0 Å². The number of nitrogens with zero attached hydrogens (tertiary/aromatic N) is 2. The van der Waals surface area contributed by atoms with Crippen LogP contribution in [0.15, 0.2) is 23.6 Å². The Labute approximate surface area is 124 Å². The second-order valence-electron chi connectivity index (χ2n) is 4.88. The highest BCUT2D eigenvalue weighted by atomic mass is 32.1. The molecule has 108 valence electrons. The van der Waals surface area contributed by atoms with Crippen molar-refractivity contribution in [3.63, 3.8) is 0 Å². The van der Waals surface area contributed by atoms with E-state index in [2.05, 4.69) is 34.4 Å². The van der Waals surface area contributed by atoms with E-state index < -0.39 is 0 Å². The number of hydrogen-bond donors (Lipinski definition) is 1. The molecule has 0 unspecified atom stereocenters. The van der Waals surface area contributed by atoms with Crippen LogP contribution in [0.25, 0.3) is 0 Å². The van der Waals surface area contributed by atoms with Crippen LogP contribution in [0.3, 0.4) is 0 Å². The summed E-state index contributed by atoms with van der Waals surface area (Å²) < 4.78 is 5.37. The first-order chi connectivity index (χ1) is 9.62. The molecule has 0 fully saturated rings. The molecule has 20 heavy (non-hydrogen) atoms. The number of benzene rings is 1. The molecule has 0 aliphatic rings. The highest BCUT2D eigenvalue weighted by molar-refractivity contribution is 7.09. The lowest BCUT2D eigenvalue weighted by Crippen LogP contribution is -2.17. The third-order valence-electron chi connectivity index (χ3n) is 3.12. The van der Waals surface area contributed by atoms with E-state index >= 15 is 0 Å². The smallest absolute Gasteiger partial charge is 0.123 e. The zero-order chi connectivity index (χ0) is 14.5. The van der Waals surface area contributed by atoms with E-state index in [1.807, 2.05) is 13.0 Å². The highest BCUT2D eigenvalue weighted by Gasteiger charge is 2.07. The summed E-state index contributed by atoms with van der Waals surface area (Å²) in [5.41, 5.74) is 9.06. The number of aryl methyl sites for hydroxylation is 1. The third kappa shape index (κ3) is 3.79. The predicted octanol–water partition coefficient (Wildman–Crippen LogP) is 2.55. The molecule has 4 nitrogen and oxygen atoms in total. The van der Waals surface area contributed by atoms with Crippen molar-refractivity contribution in [2.24, 2.45) is 5.73 Å². The lowest BCUT2D eigenvalue weighted by atomic mass is 10.1. The van der Waals surface area contributed by atoms with Gasteiger partial charge in [-0.25, -0.2) is 4.98 Å². The standard InChI is InChI=1S/C15H21N3OS/c1-11-17-14(10-20-11)9-18(2)8-12-4-5-13(7-16)15(6-12)19-3/h4-6,10H,7-9,16H2,1-3H3. The van der Waals surface area contributed by atoms with Gasteiger partial charge in [0.1, 0.15) is 5.75 Å². The molecule has 0 bridgehead atoms. The topological polar surface area (TPSA) is 51.4 Å². The summed E-state index contributed by atoms with van der Waals surface area (Å²) in [6.07, 6.45) is 0. The fourth-order valence-corrected chi connectivity index (χ4v) is 2.78. The Bertz CT molecular complexity index is 568. The zero-order valence-corrected chi connectivity index (χ0v) is 13.0. The minimum absolute atomic E-state index is 0.497. The van der Waals surface area contributed by atoms with Gasteiger partial charge in [-0.05, 0) is 25.6 Å². The van der Waals surface area contributed by atoms with E-state index in [0.717, 1.165) is 35.1 Å². The van der Waals surface area contributed by atoms with Crippen LogP contribution < -0.4 is 10.5 Å². The largest absolute Gasteiger partial charge is 0.496 e. The molecule has 0 radical (unpaired) electrons. The molecule has 0 aliphatic carbocycles. The predicted molar refractivity (Wildman–Crippen MR) is 82.9 cm³/mol. The van der Waals surface area contributed by atoms with E-state index in [0.29, 0.717) is 6.54 Å². The second-order valence-corrected chi connectivity index (χ2v) is 5.94. The number of ether oxygens (including phenoxy) is 1. The molecule has 2 aromatic rings. The van der Waals surface area contributed by atoms with Crippen molar-refractivity contribution in [1.82, 2.24) is 9.88 Å². The van der Waals surface area contributed by atoms with Gasteiger partial charge in [0.15, 0.2) is 0 Å². The van der Waals surface area contributed by atoms with E-state index in [4.69, 9.17) is 10.5 Å². The van der Waals surface area contributed by atoms with Gasteiger partial charge in [-0.3, -0.25) is 4.90 Å². The maximum absolute atomic E-state index is 5.68. The Hall–Kier alpha value is -1.43. The maximum Gasteiger partial charge on any atom is 0.123 e. The summed E-state index contributed by atoms with van der Waals surface area (Å²) in [4.78, 5) is 6.73. The van der Waals surface area contributed by atoms with Crippen LogP contribution in [-0.4, -0.2) is 24.0 Å². The minimum Gasteiger partial charge on any atom is -0.496 e. The summed E-state index contributed by atoms with van der Waals surface area (Å²) in [6.45, 7) is 4.24. The van der Waals surface area contributed by atoms with Gasteiger partial charge < -0.3 is 10.5 Å². The van der Waals surface area contributed by atoms with Crippen LogP contribution in [0.1, 0.15) is 21.8 Å². The SMILES string of the molecule is COc1cc(CN(C)Cc2csc(C)n2)ccc1CN. The van der Waals surface area contributed by atoms with Crippen molar-refractivity contribution in [1.29, 1.82) is 0 Å². The van der Waals surface area contributed by atoms with Gasteiger partial charge in [-0.1, -0.05) is 12.1 Å². The number of methoxy groups -OCH3 is 1. The van der Waals surface area contributed by atoms with Gasteiger partial charge in [0.25, 0.3) is 0 Å². The molecule has 1 aromatic heterocycles. The van der Waals surface area contributed by atoms with Crippen molar-refractivity contribution >= 4 is 11.3 Å². The molecular weight excluding hydrogens is 270 g/mol. The summed E-state index contributed by atoms with van der Waals surface area (Å²) in [5, 5.41) is 3.23. The van der Waals surface area contributed by atoms with E-state index in [1.165, 1.54) is 5.56 Å². The monoisotopic (exact) mass is 291 g/mol. The molecule has 5 heteroatoms. The first kappa shape index (κ1) is 15.0. The molecule has 1 aromatic carbocycles. The molecule has 0 saturated carbocycles. The lowest BCUT2D eigenvalue weighted by molar-refractivity contribution is 0.314. The number of nitrogens with two attached hydrogens (primary N) is 1. The number of hydrogen-bond acceptors (Lipinski definition) is 5. The van der Waals surface area contributed by atoms with Crippen molar-refractivity contribution in [2.75, 3.05) is 14.2 Å². The normalized spacial score (nSPS) is 11.1. The zero-order valence-electron chi connectivity index (χ0n) is 12.2.